The summed E-state index contributed by atoms with van der Waals surface area (Å²) in [6, 6.07) is 50.3. The Bertz CT molecular complexity index is 2760. The molecule has 0 saturated heterocycles. The maximum atomic E-state index is 6.57. The lowest BCUT2D eigenvalue weighted by Gasteiger charge is -2.12. The highest BCUT2D eigenvalue weighted by molar-refractivity contribution is 6.35. The van der Waals surface area contributed by atoms with Gasteiger partial charge in [0.1, 0.15) is 11.2 Å². The molecule has 0 unspecified atom stereocenters. The number of hydrogen-bond donors (Lipinski definition) is 0. The van der Waals surface area contributed by atoms with Gasteiger partial charge in [0.15, 0.2) is 5.82 Å². The summed E-state index contributed by atoms with van der Waals surface area (Å²) in [5, 5.41) is 6.71. The molecule has 10 aromatic rings. The molecule has 224 valence electrons. The Balaban J connectivity index is 1.22. The van der Waals surface area contributed by atoms with Crippen molar-refractivity contribution >= 4 is 54.5 Å². The third-order valence-corrected chi connectivity index (χ3v) is 9.29. The molecule has 0 aliphatic carbocycles. The van der Waals surface area contributed by atoms with Crippen molar-refractivity contribution in [1.82, 2.24) is 19.5 Å². The highest BCUT2D eigenvalue weighted by Gasteiger charge is 2.23. The molecule has 0 amide bonds. The largest absolute Gasteiger partial charge is 0.455 e. The van der Waals surface area contributed by atoms with Gasteiger partial charge in [0, 0.05) is 56.3 Å². The molecule has 5 heteroatoms. The zero-order valence-corrected chi connectivity index (χ0v) is 25.7. The van der Waals surface area contributed by atoms with Gasteiger partial charge >= 0.3 is 0 Å². The second-order valence-corrected chi connectivity index (χ2v) is 12.0. The molecule has 0 N–H and O–H groups in total. The predicted octanol–water partition coefficient (Wildman–Crippen LogP) is 11.0. The molecule has 6 aromatic carbocycles. The molecule has 0 spiro atoms. The highest BCUT2D eigenvalue weighted by Crippen LogP contribution is 2.45. The number of hydrogen-bond acceptors (Lipinski definition) is 4. The van der Waals surface area contributed by atoms with Crippen molar-refractivity contribution in [3.63, 3.8) is 0 Å². The molecule has 4 aromatic heterocycles. The third kappa shape index (κ3) is 4.01. The fraction of sp³-hybridized carbons (Fsp3) is 0. The second-order valence-electron chi connectivity index (χ2n) is 12.0. The summed E-state index contributed by atoms with van der Waals surface area (Å²) in [4.78, 5) is 14.5. The van der Waals surface area contributed by atoms with Gasteiger partial charge in [0.2, 0.25) is 0 Å². The molecular weight excluding hydrogens is 589 g/mol. The maximum Gasteiger partial charge on any atom is 0.160 e. The molecule has 10 rings (SSSR count). The van der Waals surface area contributed by atoms with Crippen LogP contribution in [0.5, 0.6) is 0 Å². The van der Waals surface area contributed by atoms with Gasteiger partial charge < -0.3 is 8.98 Å². The highest BCUT2D eigenvalue weighted by atomic mass is 16.3. The van der Waals surface area contributed by atoms with Gasteiger partial charge in [-0.25, -0.2) is 9.97 Å². The average molecular weight is 615 g/mol. The van der Waals surface area contributed by atoms with Crippen molar-refractivity contribution in [1.29, 1.82) is 0 Å². The summed E-state index contributed by atoms with van der Waals surface area (Å²) in [6.07, 6.45) is 3.79. The number of pyridine rings is 1. The van der Waals surface area contributed by atoms with E-state index in [0.29, 0.717) is 5.82 Å². The first kappa shape index (κ1) is 26.6. The van der Waals surface area contributed by atoms with Crippen molar-refractivity contribution < 1.29 is 4.42 Å². The van der Waals surface area contributed by atoms with Gasteiger partial charge in [-0.05, 0) is 41.8 Å². The SMILES string of the molecule is c1ccc(-c2cc(-c3ccc(-n4c5ccccc5c5c6ccncc6c6oc7ccccc7c6c54)cc3)nc(-c3ccccc3)n2)cc1. The molecule has 5 nitrogen and oxygen atoms in total. The lowest BCUT2D eigenvalue weighted by molar-refractivity contribution is 0.672. The minimum Gasteiger partial charge on any atom is -0.455 e. The first-order chi connectivity index (χ1) is 23.8. The summed E-state index contributed by atoms with van der Waals surface area (Å²) in [5.41, 5.74) is 9.87. The van der Waals surface area contributed by atoms with E-state index in [1.54, 1.807) is 0 Å². The van der Waals surface area contributed by atoms with Crippen LogP contribution in [0, 0.1) is 0 Å². The Morgan fingerprint density at radius 3 is 1.92 bits per heavy atom. The van der Waals surface area contributed by atoms with Crippen LogP contribution >= 0.6 is 0 Å². The van der Waals surface area contributed by atoms with Gasteiger partial charge in [-0.3, -0.25) is 4.98 Å². The molecular formula is C43H26N4O. The lowest BCUT2D eigenvalue weighted by Crippen LogP contribution is -1.97. The number of benzene rings is 6. The molecule has 0 radical (unpaired) electrons. The molecule has 0 atom stereocenters. The number of nitrogens with zero attached hydrogens (tertiary/aromatic N) is 4. The van der Waals surface area contributed by atoms with E-state index in [2.05, 4.69) is 107 Å². The monoisotopic (exact) mass is 614 g/mol. The number of furan rings is 1. The molecule has 0 bridgehead atoms. The van der Waals surface area contributed by atoms with Crippen LogP contribution in [0.2, 0.25) is 0 Å². The summed E-state index contributed by atoms with van der Waals surface area (Å²) in [7, 11) is 0. The molecule has 48 heavy (non-hydrogen) atoms. The van der Waals surface area contributed by atoms with Crippen LogP contribution in [0.4, 0.5) is 0 Å². The van der Waals surface area contributed by atoms with Crippen molar-refractivity contribution in [3.8, 4) is 39.6 Å². The summed E-state index contributed by atoms with van der Waals surface area (Å²) >= 11 is 0. The Hall–Kier alpha value is -6.59. The Labute approximate surface area is 275 Å². The molecule has 0 fully saturated rings. The fourth-order valence-electron chi connectivity index (χ4n) is 7.13. The number of rotatable bonds is 4. The van der Waals surface area contributed by atoms with Crippen molar-refractivity contribution in [2.45, 2.75) is 0 Å². The van der Waals surface area contributed by atoms with Gasteiger partial charge in [0.05, 0.1) is 27.8 Å². The minimum atomic E-state index is 0.703. The van der Waals surface area contributed by atoms with E-state index < -0.39 is 0 Å². The van der Waals surface area contributed by atoms with Gasteiger partial charge in [-0.1, -0.05) is 109 Å². The van der Waals surface area contributed by atoms with E-state index in [1.807, 2.05) is 60.9 Å². The van der Waals surface area contributed by atoms with Gasteiger partial charge in [0.25, 0.3) is 0 Å². The first-order valence-corrected chi connectivity index (χ1v) is 16.0. The van der Waals surface area contributed by atoms with E-state index in [1.165, 1.54) is 10.8 Å². The molecule has 0 saturated carbocycles. The third-order valence-electron chi connectivity index (χ3n) is 9.29. The molecule has 0 aliphatic rings. The topological polar surface area (TPSA) is 56.7 Å². The fourth-order valence-corrected chi connectivity index (χ4v) is 7.13. The number of para-hydroxylation sites is 2. The van der Waals surface area contributed by atoms with E-state index >= 15 is 0 Å². The summed E-state index contributed by atoms with van der Waals surface area (Å²) in [5.74, 6) is 0.703. The van der Waals surface area contributed by atoms with Crippen molar-refractivity contribution in [2.24, 2.45) is 0 Å². The van der Waals surface area contributed by atoms with Crippen LogP contribution in [0.1, 0.15) is 0 Å². The summed E-state index contributed by atoms with van der Waals surface area (Å²) in [6.45, 7) is 0. The van der Waals surface area contributed by atoms with Crippen LogP contribution in [-0.2, 0) is 0 Å². The Morgan fingerprint density at radius 2 is 1.15 bits per heavy atom. The number of fused-ring (bicyclic) bond motifs is 10. The van der Waals surface area contributed by atoms with E-state index in [-0.39, 0.29) is 0 Å². The van der Waals surface area contributed by atoms with E-state index in [9.17, 15) is 0 Å². The predicted molar refractivity (Wildman–Crippen MR) is 195 cm³/mol. The quantitative estimate of drug-likeness (QED) is 0.198. The van der Waals surface area contributed by atoms with Crippen LogP contribution in [0.3, 0.4) is 0 Å². The van der Waals surface area contributed by atoms with Crippen LogP contribution in [0.25, 0.3) is 94.1 Å². The average Bonchev–Trinajstić information content (AvgIpc) is 3.72. The van der Waals surface area contributed by atoms with Gasteiger partial charge in [-0.15, -0.1) is 0 Å². The van der Waals surface area contributed by atoms with Gasteiger partial charge in [-0.2, -0.15) is 0 Å². The molecule has 0 aliphatic heterocycles. The van der Waals surface area contributed by atoms with Crippen LogP contribution < -0.4 is 0 Å². The maximum absolute atomic E-state index is 6.57. The first-order valence-electron chi connectivity index (χ1n) is 16.0. The summed E-state index contributed by atoms with van der Waals surface area (Å²) < 4.78 is 8.94. The lowest BCUT2D eigenvalue weighted by atomic mass is 10.0. The zero-order valence-electron chi connectivity index (χ0n) is 25.7. The van der Waals surface area contributed by atoms with E-state index in [0.717, 1.165) is 77.5 Å². The van der Waals surface area contributed by atoms with E-state index in [4.69, 9.17) is 14.4 Å². The Morgan fingerprint density at radius 1 is 0.500 bits per heavy atom. The smallest absolute Gasteiger partial charge is 0.160 e. The normalized spacial score (nSPS) is 11.8. The standard InChI is InChI=1S/C43H26N4O/c1-3-11-27(12-4-1)35-25-36(46-43(45-35)29-13-5-2-6-14-29)28-19-21-30(22-20-28)47-37-17-9-7-15-32(37)39-31-23-24-44-26-34(31)42-40(41(39)47)33-16-8-10-18-38(33)48-42/h1-26H. The van der Waals surface area contributed by atoms with Crippen LogP contribution in [0.15, 0.2) is 162 Å². The van der Waals surface area contributed by atoms with Crippen molar-refractivity contribution in [3.05, 3.63) is 158 Å². The second kappa shape index (κ2) is 10.5. The number of aromatic nitrogens is 4. The molecule has 4 heterocycles. The Kier molecular flexibility index (Phi) is 5.81. The minimum absolute atomic E-state index is 0.703. The van der Waals surface area contributed by atoms with Crippen LogP contribution in [-0.4, -0.2) is 19.5 Å². The van der Waals surface area contributed by atoms with Crippen molar-refractivity contribution in [2.75, 3.05) is 0 Å². The zero-order chi connectivity index (χ0) is 31.6.